The van der Waals surface area contributed by atoms with Gasteiger partial charge in [-0.2, -0.15) is 0 Å². The summed E-state index contributed by atoms with van der Waals surface area (Å²) in [5, 5.41) is 6.17. The Morgan fingerprint density at radius 1 is 0.935 bits per heavy atom. The van der Waals surface area contributed by atoms with Gasteiger partial charge in [-0.05, 0) is 47.9 Å². The summed E-state index contributed by atoms with van der Waals surface area (Å²) >= 11 is 0. The maximum atomic E-state index is 12.7. The zero-order valence-corrected chi connectivity index (χ0v) is 17.6. The Morgan fingerprint density at radius 3 is 2.32 bits per heavy atom. The first-order valence-electron chi connectivity index (χ1n) is 10.6. The minimum absolute atomic E-state index is 0.0494. The number of benzene rings is 2. The highest BCUT2D eigenvalue weighted by molar-refractivity contribution is 6.04. The molecule has 2 N–H and O–H groups in total. The van der Waals surface area contributed by atoms with Gasteiger partial charge in [-0.1, -0.05) is 31.2 Å². The SMILES string of the molecule is CCc1ccc(NC(=O)c2cncc(-c3ccc(C(=O)N4CCNCC4)cc3)c2)cc1. The number of carbonyl (C=O) groups is 2. The van der Waals surface area contributed by atoms with E-state index in [4.69, 9.17) is 0 Å². The Morgan fingerprint density at radius 2 is 1.65 bits per heavy atom. The third-order valence-electron chi connectivity index (χ3n) is 5.49. The number of aryl methyl sites for hydroxylation is 1. The van der Waals surface area contributed by atoms with Crippen LogP contribution in [0.15, 0.2) is 67.0 Å². The van der Waals surface area contributed by atoms with Crippen molar-refractivity contribution >= 4 is 17.5 Å². The number of hydrogen-bond acceptors (Lipinski definition) is 4. The number of rotatable bonds is 5. The first-order chi connectivity index (χ1) is 15.1. The standard InChI is InChI=1S/C25H26N4O2/c1-2-18-3-9-23(10-4-18)28-24(30)22-15-21(16-27-17-22)19-5-7-20(8-6-19)25(31)29-13-11-26-12-14-29/h3-10,15-17,26H,2,11-14H2,1H3,(H,28,30). The number of amides is 2. The molecule has 0 saturated carbocycles. The van der Waals surface area contributed by atoms with Crippen LogP contribution in [-0.2, 0) is 6.42 Å². The highest BCUT2D eigenvalue weighted by atomic mass is 16.2. The minimum Gasteiger partial charge on any atom is -0.336 e. The summed E-state index contributed by atoms with van der Waals surface area (Å²) in [4.78, 5) is 31.4. The molecule has 0 atom stereocenters. The van der Waals surface area contributed by atoms with E-state index in [9.17, 15) is 9.59 Å². The van der Waals surface area contributed by atoms with E-state index in [1.807, 2.05) is 59.5 Å². The maximum absolute atomic E-state index is 12.7. The van der Waals surface area contributed by atoms with Crippen molar-refractivity contribution in [2.75, 3.05) is 31.5 Å². The molecule has 1 aliphatic rings. The lowest BCUT2D eigenvalue weighted by molar-refractivity contribution is 0.0735. The van der Waals surface area contributed by atoms with Gasteiger partial charge in [-0.25, -0.2) is 0 Å². The summed E-state index contributed by atoms with van der Waals surface area (Å²) in [5.74, 6) is -0.155. The minimum atomic E-state index is -0.205. The number of carbonyl (C=O) groups excluding carboxylic acids is 2. The van der Waals surface area contributed by atoms with Crippen molar-refractivity contribution in [3.8, 4) is 11.1 Å². The molecule has 0 unspecified atom stereocenters. The molecule has 2 amide bonds. The third-order valence-corrected chi connectivity index (χ3v) is 5.49. The third kappa shape index (κ3) is 4.98. The average molecular weight is 415 g/mol. The lowest BCUT2D eigenvalue weighted by Gasteiger charge is -2.27. The molecule has 0 aliphatic carbocycles. The van der Waals surface area contributed by atoms with Gasteiger partial charge in [0.05, 0.1) is 5.56 Å². The smallest absolute Gasteiger partial charge is 0.257 e. The number of nitrogens with one attached hydrogen (secondary N) is 2. The molecule has 0 bridgehead atoms. The topological polar surface area (TPSA) is 74.3 Å². The highest BCUT2D eigenvalue weighted by Gasteiger charge is 2.18. The van der Waals surface area contributed by atoms with E-state index in [1.54, 1.807) is 12.4 Å². The van der Waals surface area contributed by atoms with Crippen molar-refractivity contribution in [3.05, 3.63) is 83.7 Å². The molecule has 1 fully saturated rings. The fraction of sp³-hybridized carbons (Fsp3) is 0.240. The maximum Gasteiger partial charge on any atom is 0.257 e. The number of aromatic nitrogens is 1. The first kappa shape index (κ1) is 20.8. The zero-order valence-electron chi connectivity index (χ0n) is 17.6. The summed E-state index contributed by atoms with van der Waals surface area (Å²) in [6.45, 7) is 5.20. The van der Waals surface area contributed by atoms with E-state index >= 15 is 0 Å². The summed E-state index contributed by atoms with van der Waals surface area (Å²) in [6, 6.07) is 17.1. The number of pyridine rings is 1. The van der Waals surface area contributed by atoms with Crippen LogP contribution >= 0.6 is 0 Å². The van der Waals surface area contributed by atoms with Crippen molar-refractivity contribution in [1.29, 1.82) is 0 Å². The van der Waals surface area contributed by atoms with Gasteiger partial charge >= 0.3 is 0 Å². The normalized spacial score (nSPS) is 13.6. The number of hydrogen-bond donors (Lipinski definition) is 2. The summed E-state index contributed by atoms with van der Waals surface area (Å²) in [5.41, 5.74) is 4.87. The fourth-order valence-corrected chi connectivity index (χ4v) is 3.60. The second kappa shape index (κ2) is 9.53. The van der Waals surface area contributed by atoms with Crippen molar-refractivity contribution < 1.29 is 9.59 Å². The van der Waals surface area contributed by atoms with E-state index in [0.29, 0.717) is 11.1 Å². The Bertz CT molecular complexity index is 1060. The van der Waals surface area contributed by atoms with Crippen molar-refractivity contribution in [1.82, 2.24) is 15.2 Å². The van der Waals surface area contributed by atoms with Gasteiger partial charge in [0.1, 0.15) is 0 Å². The van der Waals surface area contributed by atoms with Gasteiger partial charge < -0.3 is 15.5 Å². The molecular formula is C25H26N4O2. The molecule has 2 aromatic carbocycles. The number of anilines is 1. The van der Waals surface area contributed by atoms with Crippen LogP contribution < -0.4 is 10.6 Å². The lowest BCUT2D eigenvalue weighted by Crippen LogP contribution is -2.46. The predicted molar refractivity (Wildman–Crippen MR) is 122 cm³/mol. The molecule has 31 heavy (non-hydrogen) atoms. The Hall–Kier alpha value is -3.51. The molecule has 158 valence electrons. The van der Waals surface area contributed by atoms with E-state index < -0.39 is 0 Å². The number of nitrogens with zero attached hydrogens (tertiary/aromatic N) is 2. The van der Waals surface area contributed by atoms with Crippen LogP contribution in [0.3, 0.4) is 0 Å². The van der Waals surface area contributed by atoms with E-state index in [1.165, 1.54) is 5.56 Å². The quantitative estimate of drug-likeness (QED) is 0.669. The van der Waals surface area contributed by atoms with Crippen LogP contribution in [0.1, 0.15) is 33.2 Å². The summed E-state index contributed by atoms with van der Waals surface area (Å²) < 4.78 is 0. The zero-order chi connectivity index (χ0) is 21.6. The lowest BCUT2D eigenvalue weighted by atomic mass is 10.0. The first-order valence-corrected chi connectivity index (χ1v) is 10.6. The van der Waals surface area contributed by atoms with Gasteiger partial charge in [-0.3, -0.25) is 14.6 Å². The van der Waals surface area contributed by atoms with Crippen molar-refractivity contribution in [2.45, 2.75) is 13.3 Å². The van der Waals surface area contributed by atoms with Gasteiger partial charge in [-0.15, -0.1) is 0 Å². The molecule has 1 aliphatic heterocycles. The molecule has 0 spiro atoms. The van der Waals surface area contributed by atoms with E-state index in [0.717, 1.165) is 49.4 Å². The van der Waals surface area contributed by atoms with Gasteiger partial charge in [0.25, 0.3) is 11.8 Å². The van der Waals surface area contributed by atoms with Crippen LogP contribution in [0.2, 0.25) is 0 Å². The molecule has 1 saturated heterocycles. The second-order valence-corrected chi connectivity index (χ2v) is 7.59. The van der Waals surface area contributed by atoms with E-state index in [-0.39, 0.29) is 11.8 Å². The van der Waals surface area contributed by atoms with Crippen LogP contribution in [0, 0.1) is 0 Å². The van der Waals surface area contributed by atoms with Crippen molar-refractivity contribution in [2.24, 2.45) is 0 Å². The molecule has 1 aromatic heterocycles. The van der Waals surface area contributed by atoms with Crippen LogP contribution in [0.4, 0.5) is 5.69 Å². The highest BCUT2D eigenvalue weighted by Crippen LogP contribution is 2.21. The van der Waals surface area contributed by atoms with Gasteiger partial charge in [0.15, 0.2) is 0 Å². The molecule has 4 rings (SSSR count). The summed E-state index contributed by atoms with van der Waals surface area (Å²) in [6.07, 6.45) is 4.24. The summed E-state index contributed by atoms with van der Waals surface area (Å²) in [7, 11) is 0. The van der Waals surface area contributed by atoms with Crippen LogP contribution in [0.25, 0.3) is 11.1 Å². The van der Waals surface area contributed by atoms with Gasteiger partial charge in [0.2, 0.25) is 0 Å². The monoisotopic (exact) mass is 414 g/mol. The van der Waals surface area contributed by atoms with Crippen LogP contribution in [-0.4, -0.2) is 47.9 Å². The molecule has 2 heterocycles. The molecule has 3 aromatic rings. The second-order valence-electron chi connectivity index (χ2n) is 7.59. The largest absolute Gasteiger partial charge is 0.336 e. The predicted octanol–water partition coefficient (Wildman–Crippen LogP) is 3.61. The Kier molecular flexibility index (Phi) is 6.38. The number of piperazine rings is 1. The van der Waals surface area contributed by atoms with Crippen molar-refractivity contribution in [3.63, 3.8) is 0 Å². The Labute approximate surface area is 182 Å². The van der Waals surface area contributed by atoms with E-state index in [2.05, 4.69) is 22.5 Å². The van der Waals surface area contributed by atoms with Crippen LogP contribution in [0.5, 0.6) is 0 Å². The van der Waals surface area contributed by atoms with Gasteiger partial charge in [0, 0.05) is 55.4 Å². The fourth-order valence-electron chi connectivity index (χ4n) is 3.60. The molecule has 6 nitrogen and oxygen atoms in total. The molecular weight excluding hydrogens is 388 g/mol. The molecule has 0 radical (unpaired) electrons. The Balaban J connectivity index is 1.47. The average Bonchev–Trinajstić information content (AvgIpc) is 2.85. The molecule has 6 heteroatoms.